The van der Waals surface area contributed by atoms with Crippen molar-refractivity contribution in [3.8, 4) is 11.5 Å². The van der Waals surface area contributed by atoms with Gasteiger partial charge in [0.1, 0.15) is 11.4 Å². The lowest BCUT2D eigenvalue weighted by Crippen LogP contribution is -2.46. The Balaban J connectivity index is 1.81. The number of thioether (sulfide) groups is 1. The van der Waals surface area contributed by atoms with Crippen molar-refractivity contribution < 1.29 is 23.8 Å². The molecule has 8 heteroatoms. The van der Waals surface area contributed by atoms with Crippen molar-refractivity contribution in [2.45, 2.75) is 17.8 Å². The van der Waals surface area contributed by atoms with Crippen LogP contribution in [0.5, 0.6) is 11.5 Å². The molecule has 1 saturated heterocycles. The van der Waals surface area contributed by atoms with Gasteiger partial charge in [-0.1, -0.05) is 6.07 Å². The van der Waals surface area contributed by atoms with Gasteiger partial charge in [0.25, 0.3) is 5.91 Å². The van der Waals surface area contributed by atoms with Gasteiger partial charge in [0.2, 0.25) is 5.91 Å². The highest BCUT2D eigenvalue weighted by Gasteiger charge is 2.50. The summed E-state index contributed by atoms with van der Waals surface area (Å²) in [5.41, 5.74) is 1.37. The second-order valence-electron chi connectivity index (χ2n) is 5.82. The highest BCUT2D eigenvalue weighted by Crippen LogP contribution is 2.52. The summed E-state index contributed by atoms with van der Waals surface area (Å²) >= 11 is 1.60. The number of amides is 2. The molecule has 2 aliphatic heterocycles. The largest absolute Gasteiger partial charge is 0.493 e. The number of nitrogens with one attached hydrogen (secondary N) is 1. The number of rotatable bonds is 7. The smallest absolute Gasteiger partial charge is 0.260 e. The Hall–Kier alpha value is -1.93. The van der Waals surface area contributed by atoms with Crippen molar-refractivity contribution in [1.82, 2.24) is 10.2 Å². The summed E-state index contributed by atoms with van der Waals surface area (Å²) in [6.07, 6.45) is 0.741. The summed E-state index contributed by atoms with van der Waals surface area (Å²) in [4.78, 5) is 27.2. The first-order valence-electron chi connectivity index (χ1n) is 8.09. The predicted molar refractivity (Wildman–Crippen MR) is 94.2 cm³/mol. The van der Waals surface area contributed by atoms with Gasteiger partial charge in [-0.3, -0.25) is 9.59 Å². The van der Waals surface area contributed by atoms with Crippen molar-refractivity contribution in [3.63, 3.8) is 0 Å². The molecule has 1 aromatic carbocycles. The van der Waals surface area contributed by atoms with Gasteiger partial charge < -0.3 is 24.4 Å². The van der Waals surface area contributed by atoms with Crippen LogP contribution in [0.15, 0.2) is 12.1 Å². The van der Waals surface area contributed by atoms with Crippen molar-refractivity contribution in [3.05, 3.63) is 23.3 Å². The van der Waals surface area contributed by atoms with E-state index in [9.17, 15) is 9.59 Å². The minimum Gasteiger partial charge on any atom is -0.493 e. The number of carbonyl (C=O) groups excluding carboxylic acids is 2. The second kappa shape index (κ2) is 7.53. The van der Waals surface area contributed by atoms with Gasteiger partial charge >= 0.3 is 0 Å². The summed E-state index contributed by atoms with van der Waals surface area (Å²) in [7, 11) is 4.68. The molecule has 2 aliphatic rings. The summed E-state index contributed by atoms with van der Waals surface area (Å²) in [6, 6.07) is 3.20. The fraction of sp³-hybridized carbons (Fsp3) is 0.529. The van der Waals surface area contributed by atoms with E-state index in [1.54, 1.807) is 29.8 Å². The molecule has 0 bridgehead atoms. The Labute approximate surface area is 151 Å². The van der Waals surface area contributed by atoms with Crippen molar-refractivity contribution in [2.75, 3.05) is 40.2 Å². The zero-order valence-electron chi connectivity index (χ0n) is 14.5. The lowest BCUT2D eigenvalue weighted by Gasteiger charge is -2.22. The molecular formula is C17H22N2O5S. The van der Waals surface area contributed by atoms with Crippen LogP contribution in [0.25, 0.3) is 0 Å². The van der Waals surface area contributed by atoms with Gasteiger partial charge in [-0.05, 0) is 12.5 Å². The van der Waals surface area contributed by atoms with Crippen LogP contribution in [-0.4, -0.2) is 63.0 Å². The van der Waals surface area contributed by atoms with Crippen LogP contribution in [0.1, 0.15) is 27.7 Å². The molecule has 2 amide bonds. The van der Waals surface area contributed by atoms with Gasteiger partial charge in [0.05, 0.1) is 19.8 Å². The summed E-state index contributed by atoms with van der Waals surface area (Å²) < 4.78 is 15.7. The molecule has 0 radical (unpaired) electrons. The van der Waals surface area contributed by atoms with E-state index in [2.05, 4.69) is 5.32 Å². The van der Waals surface area contributed by atoms with E-state index < -0.39 is 6.04 Å². The molecule has 0 aliphatic carbocycles. The van der Waals surface area contributed by atoms with Crippen LogP contribution in [0.4, 0.5) is 0 Å². The number of fused-ring (bicyclic) bond motifs is 3. The molecule has 1 N–H and O–H groups in total. The minimum absolute atomic E-state index is 0.127. The van der Waals surface area contributed by atoms with Crippen LogP contribution >= 0.6 is 11.8 Å². The number of carbonyl (C=O) groups is 2. The second-order valence-corrected chi connectivity index (χ2v) is 6.93. The Morgan fingerprint density at radius 3 is 2.80 bits per heavy atom. The van der Waals surface area contributed by atoms with E-state index in [4.69, 9.17) is 14.2 Å². The molecule has 2 heterocycles. The van der Waals surface area contributed by atoms with E-state index in [0.717, 1.165) is 12.0 Å². The first-order valence-corrected chi connectivity index (χ1v) is 9.14. The summed E-state index contributed by atoms with van der Waals surface area (Å²) in [6.45, 7) is 1.12. The molecule has 3 rings (SSSR count). The van der Waals surface area contributed by atoms with Crippen LogP contribution in [0, 0.1) is 0 Å². The molecule has 0 spiro atoms. The molecule has 136 valence electrons. The predicted octanol–water partition coefficient (Wildman–Crippen LogP) is 1.43. The van der Waals surface area contributed by atoms with Gasteiger partial charge in [0.15, 0.2) is 11.5 Å². The molecular weight excluding hydrogens is 344 g/mol. The van der Waals surface area contributed by atoms with Crippen molar-refractivity contribution in [2.24, 2.45) is 0 Å². The number of methoxy groups -OCH3 is 3. The van der Waals surface area contributed by atoms with Crippen LogP contribution in [0.2, 0.25) is 0 Å². The SMILES string of the molecule is COCCCNC(=O)C1CSC2c3ccc(OC)c(OC)c3C(=O)N12. The summed E-state index contributed by atoms with van der Waals surface area (Å²) in [5, 5.41) is 2.73. The number of hydrogen-bond acceptors (Lipinski definition) is 6. The van der Waals surface area contributed by atoms with E-state index in [1.807, 2.05) is 6.07 Å². The van der Waals surface area contributed by atoms with Gasteiger partial charge in [-0.25, -0.2) is 0 Å². The van der Waals surface area contributed by atoms with Crippen LogP contribution in [0.3, 0.4) is 0 Å². The van der Waals surface area contributed by atoms with Crippen molar-refractivity contribution >= 4 is 23.6 Å². The standard InChI is InChI=1S/C17H22N2O5S/c1-22-8-4-7-18-15(20)11-9-25-17-10-5-6-12(23-2)14(24-3)13(10)16(21)19(11)17/h5-6,11,17H,4,7-9H2,1-3H3,(H,18,20). The molecule has 1 aromatic rings. The number of hydrogen-bond donors (Lipinski definition) is 1. The number of benzene rings is 1. The Kier molecular flexibility index (Phi) is 5.39. The Morgan fingerprint density at radius 1 is 1.32 bits per heavy atom. The lowest BCUT2D eigenvalue weighted by atomic mass is 10.1. The zero-order chi connectivity index (χ0) is 18.0. The quantitative estimate of drug-likeness (QED) is 0.736. The fourth-order valence-electron chi connectivity index (χ4n) is 3.24. The zero-order valence-corrected chi connectivity index (χ0v) is 15.4. The first-order chi connectivity index (χ1) is 12.1. The number of ether oxygens (including phenoxy) is 3. The lowest BCUT2D eigenvalue weighted by molar-refractivity contribution is -0.124. The molecule has 2 atom stereocenters. The molecule has 0 aromatic heterocycles. The topological polar surface area (TPSA) is 77.1 Å². The van der Waals surface area contributed by atoms with Crippen LogP contribution in [-0.2, 0) is 9.53 Å². The Bertz CT molecular complexity index is 681. The van der Waals surface area contributed by atoms with E-state index in [0.29, 0.717) is 36.0 Å². The van der Waals surface area contributed by atoms with E-state index in [-0.39, 0.29) is 17.2 Å². The van der Waals surface area contributed by atoms with E-state index >= 15 is 0 Å². The summed E-state index contributed by atoms with van der Waals surface area (Å²) in [5.74, 6) is 1.22. The third kappa shape index (κ3) is 3.04. The third-order valence-corrected chi connectivity index (χ3v) is 5.72. The normalized spacial score (nSPS) is 21.1. The third-order valence-electron chi connectivity index (χ3n) is 4.42. The average Bonchev–Trinajstić information content (AvgIpc) is 3.18. The first kappa shape index (κ1) is 17.9. The van der Waals surface area contributed by atoms with Gasteiger partial charge in [-0.2, -0.15) is 0 Å². The molecule has 25 heavy (non-hydrogen) atoms. The maximum Gasteiger partial charge on any atom is 0.260 e. The fourth-order valence-corrected chi connectivity index (χ4v) is 4.70. The number of nitrogens with zero attached hydrogens (tertiary/aromatic N) is 1. The van der Waals surface area contributed by atoms with Crippen molar-refractivity contribution in [1.29, 1.82) is 0 Å². The van der Waals surface area contributed by atoms with E-state index in [1.165, 1.54) is 14.2 Å². The average molecular weight is 366 g/mol. The van der Waals surface area contributed by atoms with Crippen LogP contribution < -0.4 is 14.8 Å². The highest BCUT2D eigenvalue weighted by molar-refractivity contribution is 7.99. The molecule has 2 unspecified atom stereocenters. The maximum atomic E-state index is 13.0. The van der Waals surface area contributed by atoms with Gasteiger partial charge in [-0.15, -0.1) is 11.8 Å². The molecule has 7 nitrogen and oxygen atoms in total. The Morgan fingerprint density at radius 2 is 2.12 bits per heavy atom. The molecule has 1 fully saturated rings. The molecule has 0 saturated carbocycles. The maximum absolute atomic E-state index is 13.0. The minimum atomic E-state index is -0.479. The van der Waals surface area contributed by atoms with Gasteiger partial charge in [0, 0.05) is 31.6 Å². The monoisotopic (exact) mass is 366 g/mol. The highest BCUT2D eigenvalue weighted by atomic mass is 32.2.